The molecule has 0 amide bonds. The van der Waals surface area contributed by atoms with Crippen LogP contribution in [0.1, 0.15) is 24.0 Å². The predicted molar refractivity (Wildman–Crippen MR) is 95.6 cm³/mol. The predicted octanol–water partition coefficient (Wildman–Crippen LogP) is 4.44. The third-order valence-corrected chi connectivity index (χ3v) is 4.53. The maximum atomic E-state index is 13.0. The van der Waals surface area contributed by atoms with Crippen LogP contribution in [0.4, 0.5) is 4.39 Å². The SMILES string of the molecule is Fc1ccc(COc2ccc(Br)cc2CNC[C@@H]2CCCO2)cc1. The Morgan fingerprint density at radius 3 is 2.79 bits per heavy atom. The summed E-state index contributed by atoms with van der Waals surface area (Å²) < 4.78 is 25.5. The van der Waals surface area contributed by atoms with Crippen molar-refractivity contribution in [2.24, 2.45) is 0 Å². The van der Waals surface area contributed by atoms with Gasteiger partial charge in [0.1, 0.15) is 18.2 Å². The molecule has 1 atom stereocenters. The van der Waals surface area contributed by atoms with Crippen LogP contribution in [-0.4, -0.2) is 19.3 Å². The fourth-order valence-corrected chi connectivity index (χ4v) is 3.15. The van der Waals surface area contributed by atoms with Crippen molar-refractivity contribution in [2.45, 2.75) is 32.1 Å². The molecule has 0 bridgehead atoms. The molecule has 24 heavy (non-hydrogen) atoms. The second-order valence-electron chi connectivity index (χ2n) is 5.93. The van der Waals surface area contributed by atoms with Gasteiger partial charge in [0.05, 0.1) is 6.10 Å². The number of hydrogen-bond acceptors (Lipinski definition) is 3. The van der Waals surface area contributed by atoms with Gasteiger partial charge in [0.25, 0.3) is 0 Å². The van der Waals surface area contributed by atoms with E-state index in [2.05, 4.69) is 27.3 Å². The van der Waals surface area contributed by atoms with Gasteiger partial charge >= 0.3 is 0 Å². The summed E-state index contributed by atoms with van der Waals surface area (Å²) in [4.78, 5) is 0. The average molecular weight is 394 g/mol. The first-order chi connectivity index (χ1) is 11.7. The molecule has 128 valence electrons. The monoisotopic (exact) mass is 393 g/mol. The molecule has 0 aromatic heterocycles. The molecule has 0 spiro atoms. The molecule has 3 nitrogen and oxygen atoms in total. The number of benzene rings is 2. The van der Waals surface area contributed by atoms with Crippen LogP contribution in [0.2, 0.25) is 0 Å². The fourth-order valence-electron chi connectivity index (χ4n) is 2.74. The fraction of sp³-hybridized carbons (Fsp3) is 0.368. The lowest BCUT2D eigenvalue weighted by atomic mass is 10.2. The van der Waals surface area contributed by atoms with Crippen LogP contribution in [0.3, 0.4) is 0 Å². The quantitative estimate of drug-likeness (QED) is 0.754. The minimum atomic E-state index is -0.235. The Labute approximate surface area is 150 Å². The zero-order valence-electron chi connectivity index (χ0n) is 13.4. The van der Waals surface area contributed by atoms with E-state index >= 15 is 0 Å². The van der Waals surface area contributed by atoms with Crippen molar-refractivity contribution >= 4 is 15.9 Å². The Bertz CT molecular complexity index is 657. The first kappa shape index (κ1) is 17.4. The summed E-state index contributed by atoms with van der Waals surface area (Å²) in [5.74, 6) is 0.601. The van der Waals surface area contributed by atoms with Gasteiger partial charge in [-0.25, -0.2) is 4.39 Å². The topological polar surface area (TPSA) is 30.5 Å². The zero-order chi connectivity index (χ0) is 16.8. The second-order valence-corrected chi connectivity index (χ2v) is 6.85. The van der Waals surface area contributed by atoms with Crippen LogP contribution < -0.4 is 10.1 Å². The summed E-state index contributed by atoms with van der Waals surface area (Å²) in [6.45, 7) is 2.86. The standard InChI is InChI=1S/C19H21BrFNO2/c20-16-5-8-19(24-13-14-3-6-17(21)7-4-14)15(10-16)11-22-12-18-2-1-9-23-18/h3-8,10,18,22H,1-2,9,11-13H2/t18-/m0/s1. The molecule has 5 heteroatoms. The van der Waals surface area contributed by atoms with Crippen molar-refractivity contribution < 1.29 is 13.9 Å². The normalized spacial score (nSPS) is 17.2. The van der Waals surface area contributed by atoms with Crippen molar-refractivity contribution in [3.8, 4) is 5.75 Å². The molecule has 1 fully saturated rings. The molecule has 1 aliphatic rings. The minimum absolute atomic E-state index is 0.235. The smallest absolute Gasteiger partial charge is 0.124 e. The molecule has 1 N–H and O–H groups in total. The van der Waals surface area contributed by atoms with Crippen LogP contribution >= 0.6 is 15.9 Å². The molecule has 0 radical (unpaired) electrons. The summed E-state index contributed by atoms with van der Waals surface area (Å²) >= 11 is 3.51. The van der Waals surface area contributed by atoms with Crippen LogP contribution in [0, 0.1) is 5.82 Å². The van der Waals surface area contributed by atoms with E-state index in [4.69, 9.17) is 9.47 Å². The van der Waals surface area contributed by atoms with E-state index in [0.717, 1.165) is 53.9 Å². The Balaban J connectivity index is 1.58. The summed E-state index contributed by atoms with van der Waals surface area (Å²) in [7, 11) is 0. The molecule has 3 rings (SSSR count). The van der Waals surface area contributed by atoms with Crippen molar-refractivity contribution in [2.75, 3.05) is 13.2 Å². The zero-order valence-corrected chi connectivity index (χ0v) is 15.0. The van der Waals surface area contributed by atoms with Gasteiger partial charge in [-0.2, -0.15) is 0 Å². The molecule has 1 heterocycles. The first-order valence-electron chi connectivity index (χ1n) is 8.19. The number of nitrogens with one attached hydrogen (secondary N) is 1. The highest BCUT2D eigenvalue weighted by Crippen LogP contribution is 2.24. The van der Waals surface area contributed by atoms with E-state index in [1.54, 1.807) is 12.1 Å². The van der Waals surface area contributed by atoms with Gasteiger partial charge < -0.3 is 14.8 Å². The highest BCUT2D eigenvalue weighted by atomic mass is 79.9. The Hall–Kier alpha value is -1.43. The molecule has 1 aliphatic heterocycles. The van der Waals surface area contributed by atoms with E-state index in [1.807, 2.05) is 12.1 Å². The van der Waals surface area contributed by atoms with Gasteiger partial charge in [0, 0.05) is 29.7 Å². The van der Waals surface area contributed by atoms with Gasteiger partial charge in [-0.1, -0.05) is 28.1 Å². The minimum Gasteiger partial charge on any atom is -0.489 e. The molecule has 0 unspecified atom stereocenters. The number of halogens is 2. The van der Waals surface area contributed by atoms with Crippen molar-refractivity contribution in [3.63, 3.8) is 0 Å². The molecule has 0 saturated carbocycles. The van der Waals surface area contributed by atoms with Crippen LogP contribution in [0.25, 0.3) is 0 Å². The maximum Gasteiger partial charge on any atom is 0.124 e. The lowest BCUT2D eigenvalue weighted by Crippen LogP contribution is -2.26. The molecular formula is C19H21BrFNO2. The summed E-state index contributed by atoms with van der Waals surface area (Å²) in [5, 5.41) is 3.44. The van der Waals surface area contributed by atoms with Crippen molar-refractivity contribution in [1.82, 2.24) is 5.32 Å². The van der Waals surface area contributed by atoms with E-state index < -0.39 is 0 Å². The molecule has 2 aromatic rings. The van der Waals surface area contributed by atoms with E-state index in [0.29, 0.717) is 12.7 Å². The number of rotatable bonds is 7. The van der Waals surface area contributed by atoms with Gasteiger partial charge in [-0.3, -0.25) is 0 Å². The number of ether oxygens (including phenoxy) is 2. The summed E-state index contributed by atoms with van der Waals surface area (Å²) in [6.07, 6.45) is 2.59. The van der Waals surface area contributed by atoms with E-state index in [-0.39, 0.29) is 5.82 Å². The molecule has 2 aromatic carbocycles. The largest absolute Gasteiger partial charge is 0.489 e. The summed E-state index contributed by atoms with van der Waals surface area (Å²) in [5.41, 5.74) is 2.03. The third-order valence-electron chi connectivity index (χ3n) is 4.04. The van der Waals surface area contributed by atoms with Gasteiger partial charge in [-0.05, 0) is 48.7 Å². The van der Waals surface area contributed by atoms with Crippen LogP contribution in [-0.2, 0) is 17.9 Å². The van der Waals surface area contributed by atoms with Crippen molar-refractivity contribution in [1.29, 1.82) is 0 Å². The number of hydrogen-bond donors (Lipinski definition) is 1. The highest BCUT2D eigenvalue weighted by molar-refractivity contribution is 9.10. The molecule has 0 aliphatic carbocycles. The lowest BCUT2D eigenvalue weighted by molar-refractivity contribution is 0.110. The Kier molecular flexibility index (Phi) is 6.24. The van der Waals surface area contributed by atoms with Crippen LogP contribution in [0.15, 0.2) is 46.9 Å². The van der Waals surface area contributed by atoms with E-state index in [1.165, 1.54) is 12.1 Å². The maximum absolute atomic E-state index is 13.0. The molecular weight excluding hydrogens is 373 g/mol. The first-order valence-corrected chi connectivity index (χ1v) is 8.98. The van der Waals surface area contributed by atoms with Gasteiger partial charge in [-0.15, -0.1) is 0 Å². The lowest BCUT2D eigenvalue weighted by Gasteiger charge is -2.15. The second kappa shape index (κ2) is 8.60. The molecule has 1 saturated heterocycles. The van der Waals surface area contributed by atoms with E-state index in [9.17, 15) is 4.39 Å². The van der Waals surface area contributed by atoms with Gasteiger partial charge in [0.2, 0.25) is 0 Å². The van der Waals surface area contributed by atoms with Gasteiger partial charge in [0.15, 0.2) is 0 Å². The van der Waals surface area contributed by atoms with Crippen molar-refractivity contribution in [3.05, 3.63) is 63.9 Å². The summed E-state index contributed by atoms with van der Waals surface area (Å²) in [6, 6.07) is 12.4. The van der Waals surface area contributed by atoms with Crippen LogP contribution in [0.5, 0.6) is 5.75 Å². The highest BCUT2D eigenvalue weighted by Gasteiger charge is 2.15. The average Bonchev–Trinajstić information content (AvgIpc) is 3.09. The third kappa shape index (κ3) is 5.03. The Morgan fingerprint density at radius 1 is 1.21 bits per heavy atom. The Morgan fingerprint density at radius 2 is 2.04 bits per heavy atom.